The molecule has 1 aliphatic heterocycles. The Bertz CT molecular complexity index is 934. The summed E-state index contributed by atoms with van der Waals surface area (Å²) in [5, 5.41) is 0. The van der Waals surface area contributed by atoms with Gasteiger partial charge in [0.1, 0.15) is 6.61 Å². The Balaban J connectivity index is 1.79. The maximum Gasteiger partial charge on any atom is 0.232 e. The summed E-state index contributed by atoms with van der Waals surface area (Å²) in [5.41, 5.74) is 2.12. The van der Waals surface area contributed by atoms with Crippen LogP contribution in [0.15, 0.2) is 48.5 Å². The van der Waals surface area contributed by atoms with Crippen molar-refractivity contribution < 1.29 is 14.3 Å². The Kier molecular flexibility index (Phi) is 7.33. The van der Waals surface area contributed by atoms with E-state index in [2.05, 4.69) is 44.4 Å². The SMILES string of the molecule is CCC1(C)CN(C(=O)CS)CC1c1ccc(OC)c(OCC#Cc2ccccc2)c1. The first-order valence-corrected chi connectivity index (χ1v) is 10.9. The van der Waals surface area contributed by atoms with Gasteiger partial charge in [-0.15, -0.1) is 0 Å². The Morgan fingerprint density at radius 3 is 2.67 bits per heavy atom. The van der Waals surface area contributed by atoms with Crippen LogP contribution in [0.4, 0.5) is 0 Å². The van der Waals surface area contributed by atoms with Crippen LogP contribution in [-0.2, 0) is 4.79 Å². The van der Waals surface area contributed by atoms with Crippen LogP contribution in [0, 0.1) is 17.3 Å². The predicted molar refractivity (Wildman–Crippen MR) is 123 cm³/mol. The van der Waals surface area contributed by atoms with E-state index in [1.54, 1.807) is 7.11 Å². The monoisotopic (exact) mass is 423 g/mol. The molecule has 0 saturated carbocycles. The lowest BCUT2D eigenvalue weighted by Gasteiger charge is -2.29. The molecule has 30 heavy (non-hydrogen) atoms. The van der Waals surface area contributed by atoms with E-state index in [1.807, 2.05) is 47.4 Å². The largest absolute Gasteiger partial charge is 0.493 e. The molecule has 1 fully saturated rings. The summed E-state index contributed by atoms with van der Waals surface area (Å²) in [4.78, 5) is 14.2. The highest BCUT2D eigenvalue weighted by Crippen LogP contribution is 2.46. The number of hydrogen-bond donors (Lipinski definition) is 1. The first kappa shape index (κ1) is 22.1. The molecule has 0 N–H and O–H groups in total. The number of rotatable bonds is 6. The second-order valence-corrected chi connectivity index (χ2v) is 8.18. The van der Waals surface area contributed by atoms with Crippen molar-refractivity contribution in [1.82, 2.24) is 4.90 Å². The molecule has 0 aromatic heterocycles. The highest BCUT2D eigenvalue weighted by atomic mass is 32.1. The Morgan fingerprint density at radius 2 is 2.00 bits per heavy atom. The molecule has 0 radical (unpaired) electrons. The van der Waals surface area contributed by atoms with Crippen molar-refractivity contribution in [1.29, 1.82) is 0 Å². The number of nitrogens with zero attached hydrogens (tertiary/aromatic N) is 1. The fraction of sp³-hybridized carbons (Fsp3) is 0.400. The number of amides is 1. The van der Waals surface area contributed by atoms with Gasteiger partial charge >= 0.3 is 0 Å². The van der Waals surface area contributed by atoms with E-state index in [4.69, 9.17) is 9.47 Å². The van der Waals surface area contributed by atoms with Gasteiger partial charge in [0, 0.05) is 24.6 Å². The van der Waals surface area contributed by atoms with Gasteiger partial charge in [0.15, 0.2) is 11.5 Å². The number of thiol groups is 1. The van der Waals surface area contributed by atoms with Gasteiger partial charge in [0.05, 0.1) is 12.9 Å². The summed E-state index contributed by atoms with van der Waals surface area (Å²) < 4.78 is 11.4. The first-order chi connectivity index (χ1) is 14.5. The Labute approximate surface area is 185 Å². The molecule has 1 saturated heterocycles. The molecule has 2 atom stereocenters. The maximum absolute atomic E-state index is 12.2. The van der Waals surface area contributed by atoms with Gasteiger partial charge in [-0.1, -0.05) is 50.0 Å². The van der Waals surface area contributed by atoms with Crippen molar-refractivity contribution in [2.75, 3.05) is 32.6 Å². The minimum absolute atomic E-state index is 0.0115. The standard InChI is InChI=1S/C25H29NO3S/c1-4-25(2)18-26(24(27)17-30)16-21(25)20-12-13-22(28-3)23(15-20)29-14-8-11-19-9-6-5-7-10-19/h5-7,9-10,12-13,15,21,30H,4,14,16-18H2,1-3H3. The zero-order valence-corrected chi connectivity index (χ0v) is 18.7. The fourth-order valence-electron chi connectivity index (χ4n) is 4.00. The molecule has 2 unspecified atom stereocenters. The van der Waals surface area contributed by atoms with E-state index >= 15 is 0 Å². The van der Waals surface area contributed by atoms with Crippen LogP contribution in [0.1, 0.15) is 37.3 Å². The van der Waals surface area contributed by atoms with Crippen LogP contribution >= 0.6 is 12.6 Å². The number of methoxy groups -OCH3 is 1. The van der Waals surface area contributed by atoms with Crippen LogP contribution in [0.5, 0.6) is 11.5 Å². The van der Waals surface area contributed by atoms with Gasteiger partial charge in [-0.3, -0.25) is 4.79 Å². The van der Waals surface area contributed by atoms with Gasteiger partial charge in [-0.25, -0.2) is 0 Å². The average Bonchev–Trinajstić information content (AvgIpc) is 3.15. The molecule has 3 rings (SSSR count). The maximum atomic E-state index is 12.2. The summed E-state index contributed by atoms with van der Waals surface area (Å²) in [5.74, 6) is 8.07. The first-order valence-electron chi connectivity index (χ1n) is 10.2. The van der Waals surface area contributed by atoms with Crippen LogP contribution in [-0.4, -0.2) is 43.4 Å². The molecule has 0 spiro atoms. The minimum Gasteiger partial charge on any atom is -0.493 e. The van der Waals surface area contributed by atoms with Gasteiger partial charge in [0.2, 0.25) is 5.91 Å². The second-order valence-electron chi connectivity index (χ2n) is 7.86. The quantitative estimate of drug-likeness (QED) is 0.553. The van der Waals surface area contributed by atoms with Crippen molar-refractivity contribution in [2.24, 2.45) is 5.41 Å². The zero-order chi connectivity index (χ0) is 21.6. The highest BCUT2D eigenvalue weighted by Gasteiger charge is 2.43. The molecule has 1 heterocycles. The summed E-state index contributed by atoms with van der Waals surface area (Å²) in [6.07, 6.45) is 0.985. The molecule has 1 amide bonds. The Morgan fingerprint density at radius 1 is 1.23 bits per heavy atom. The molecule has 158 valence electrons. The third-order valence-electron chi connectivity index (χ3n) is 5.99. The normalized spacial score (nSPS) is 20.4. The summed E-state index contributed by atoms with van der Waals surface area (Å²) in [6, 6.07) is 15.9. The van der Waals surface area contributed by atoms with Crippen molar-refractivity contribution in [2.45, 2.75) is 26.2 Å². The fourth-order valence-corrected chi connectivity index (χ4v) is 4.20. The lowest BCUT2D eigenvalue weighted by atomic mass is 9.74. The summed E-state index contributed by atoms with van der Waals surface area (Å²) in [7, 11) is 1.64. The molecular formula is C25H29NO3S. The van der Waals surface area contributed by atoms with E-state index in [-0.39, 0.29) is 29.6 Å². The number of ether oxygens (including phenoxy) is 2. The molecule has 1 aliphatic rings. The zero-order valence-electron chi connectivity index (χ0n) is 17.9. The van der Waals surface area contributed by atoms with Crippen LogP contribution in [0.25, 0.3) is 0 Å². The molecule has 0 bridgehead atoms. The molecule has 2 aromatic carbocycles. The van der Waals surface area contributed by atoms with E-state index in [0.717, 1.165) is 24.1 Å². The van der Waals surface area contributed by atoms with Gasteiger partial charge < -0.3 is 14.4 Å². The molecular weight excluding hydrogens is 394 g/mol. The van der Waals surface area contributed by atoms with Crippen LogP contribution in [0.3, 0.4) is 0 Å². The molecule has 2 aromatic rings. The number of benzene rings is 2. The van der Waals surface area contributed by atoms with E-state index in [0.29, 0.717) is 18.0 Å². The summed E-state index contributed by atoms with van der Waals surface area (Å²) in [6.45, 7) is 6.15. The topological polar surface area (TPSA) is 38.8 Å². The van der Waals surface area contributed by atoms with Gasteiger partial charge in [-0.05, 0) is 41.7 Å². The van der Waals surface area contributed by atoms with Crippen molar-refractivity contribution in [3.63, 3.8) is 0 Å². The van der Waals surface area contributed by atoms with Gasteiger partial charge in [0.25, 0.3) is 0 Å². The van der Waals surface area contributed by atoms with E-state index < -0.39 is 0 Å². The average molecular weight is 424 g/mol. The van der Waals surface area contributed by atoms with Crippen molar-refractivity contribution in [3.8, 4) is 23.3 Å². The second kappa shape index (κ2) is 9.95. The number of carbonyl (C=O) groups is 1. The number of carbonyl (C=O) groups excluding carboxylic acids is 1. The minimum atomic E-state index is 0.0115. The van der Waals surface area contributed by atoms with E-state index in [9.17, 15) is 4.79 Å². The number of likely N-dealkylation sites (tertiary alicyclic amines) is 1. The van der Waals surface area contributed by atoms with Crippen LogP contribution in [0.2, 0.25) is 0 Å². The molecule has 5 heteroatoms. The Hall–Kier alpha value is -2.58. The van der Waals surface area contributed by atoms with E-state index in [1.165, 1.54) is 0 Å². The van der Waals surface area contributed by atoms with Gasteiger partial charge in [-0.2, -0.15) is 12.6 Å². The van der Waals surface area contributed by atoms with Crippen LogP contribution < -0.4 is 9.47 Å². The predicted octanol–water partition coefficient (Wildman–Crippen LogP) is 4.40. The van der Waals surface area contributed by atoms with Crippen molar-refractivity contribution >= 4 is 18.5 Å². The lowest BCUT2D eigenvalue weighted by Crippen LogP contribution is -2.31. The number of hydrogen-bond acceptors (Lipinski definition) is 4. The summed E-state index contributed by atoms with van der Waals surface area (Å²) >= 11 is 4.17. The smallest absolute Gasteiger partial charge is 0.232 e. The molecule has 4 nitrogen and oxygen atoms in total. The third-order valence-corrected chi connectivity index (χ3v) is 6.26. The highest BCUT2D eigenvalue weighted by molar-refractivity contribution is 7.81. The third kappa shape index (κ3) is 4.94. The molecule has 0 aliphatic carbocycles. The lowest BCUT2D eigenvalue weighted by molar-refractivity contribution is -0.127. The van der Waals surface area contributed by atoms with Crippen molar-refractivity contribution in [3.05, 3.63) is 59.7 Å².